The van der Waals surface area contributed by atoms with Crippen LogP contribution in [-0.4, -0.2) is 27.2 Å². The van der Waals surface area contributed by atoms with Gasteiger partial charge in [-0.1, -0.05) is 52.3 Å². The van der Waals surface area contributed by atoms with Gasteiger partial charge in [0.2, 0.25) is 0 Å². The minimum absolute atomic E-state index is 0.0165. The van der Waals surface area contributed by atoms with Crippen molar-refractivity contribution in [3.63, 3.8) is 0 Å². The number of unbranched alkanes of at least 4 members (excludes halogenated alkanes) is 1. The average Bonchev–Trinajstić information content (AvgIpc) is 3.17. The fourth-order valence-corrected chi connectivity index (χ4v) is 5.97. The Morgan fingerprint density at radius 3 is 2.43 bits per heavy atom. The van der Waals surface area contributed by atoms with Crippen LogP contribution in [0.3, 0.4) is 0 Å². The van der Waals surface area contributed by atoms with Crippen LogP contribution in [0, 0.1) is 0 Å². The Morgan fingerprint density at radius 1 is 1.04 bits per heavy atom. The number of carbonyl (C=O) groups excluding carboxylic acids is 1. The number of hydrogen-bond donors (Lipinski definition) is 2. The van der Waals surface area contributed by atoms with Crippen molar-refractivity contribution in [3.05, 3.63) is 53.6 Å². The van der Waals surface area contributed by atoms with Crippen LogP contribution < -0.4 is 4.74 Å². The lowest BCUT2D eigenvalue weighted by Crippen LogP contribution is -2.08. The summed E-state index contributed by atoms with van der Waals surface area (Å²) >= 11 is 0. The summed E-state index contributed by atoms with van der Waals surface area (Å²) in [6.45, 7) is 0. The van der Waals surface area contributed by atoms with Gasteiger partial charge in [0.25, 0.3) is 0 Å². The monoisotopic (exact) mass is 416 g/mol. The highest BCUT2D eigenvalue weighted by atomic mass is 33.1. The summed E-state index contributed by atoms with van der Waals surface area (Å²) in [6, 6.07) is 11.7. The second-order valence-electron chi connectivity index (χ2n) is 6.73. The van der Waals surface area contributed by atoms with E-state index in [1.807, 2.05) is 39.8 Å². The van der Waals surface area contributed by atoms with Crippen LogP contribution >= 0.6 is 21.6 Å². The molecule has 6 heteroatoms. The van der Waals surface area contributed by atoms with Gasteiger partial charge in [0.15, 0.2) is 0 Å². The number of rotatable bonds is 8. The van der Waals surface area contributed by atoms with Gasteiger partial charge in [-0.05, 0) is 54.7 Å². The molecule has 0 aromatic heterocycles. The molecular formula is C22H24O4S2. The molecule has 28 heavy (non-hydrogen) atoms. The molecule has 148 valence electrons. The van der Waals surface area contributed by atoms with E-state index in [0.717, 1.165) is 23.7 Å². The number of aromatic hydroxyl groups is 2. The van der Waals surface area contributed by atoms with Crippen LogP contribution in [-0.2, 0) is 4.79 Å². The maximum absolute atomic E-state index is 12.0. The van der Waals surface area contributed by atoms with E-state index in [4.69, 9.17) is 4.74 Å². The highest BCUT2D eigenvalue weighted by molar-refractivity contribution is 8.77. The molecule has 1 saturated heterocycles. The third-order valence-corrected chi connectivity index (χ3v) is 7.40. The highest BCUT2D eigenvalue weighted by Gasteiger charge is 2.16. The first-order chi connectivity index (χ1) is 13.6. The quantitative estimate of drug-likeness (QED) is 0.184. The Kier molecular flexibility index (Phi) is 7.74. The molecule has 0 bridgehead atoms. The van der Waals surface area contributed by atoms with Crippen LogP contribution in [0.4, 0.5) is 0 Å². The number of esters is 1. The van der Waals surface area contributed by atoms with Gasteiger partial charge in [0.1, 0.15) is 17.2 Å². The molecule has 0 aliphatic carbocycles. The van der Waals surface area contributed by atoms with Crippen molar-refractivity contribution < 1.29 is 19.7 Å². The SMILES string of the molecule is O=C(CCCCC1CCSS1)Oc1ccc(/C=C/c2cc(O)cc(O)c2)cc1. The zero-order chi connectivity index (χ0) is 19.8. The Bertz CT molecular complexity index is 792. The van der Waals surface area contributed by atoms with Gasteiger partial charge >= 0.3 is 5.97 Å². The topological polar surface area (TPSA) is 66.8 Å². The number of phenols is 2. The molecule has 4 nitrogen and oxygen atoms in total. The summed E-state index contributed by atoms with van der Waals surface area (Å²) < 4.78 is 5.40. The molecule has 1 aliphatic rings. The molecule has 1 heterocycles. The summed E-state index contributed by atoms with van der Waals surface area (Å²) in [6.07, 6.45) is 8.52. The van der Waals surface area contributed by atoms with E-state index >= 15 is 0 Å². The number of hydrogen-bond acceptors (Lipinski definition) is 6. The Morgan fingerprint density at radius 2 is 1.75 bits per heavy atom. The molecule has 2 aromatic carbocycles. The maximum Gasteiger partial charge on any atom is 0.311 e. The maximum atomic E-state index is 12.0. The smallest absolute Gasteiger partial charge is 0.311 e. The fourth-order valence-electron chi connectivity index (χ4n) is 2.94. The highest BCUT2D eigenvalue weighted by Crippen LogP contribution is 2.39. The van der Waals surface area contributed by atoms with Crippen molar-refractivity contribution in [1.29, 1.82) is 0 Å². The van der Waals surface area contributed by atoms with Crippen molar-refractivity contribution in [2.24, 2.45) is 0 Å². The molecular weight excluding hydrogens is 392 g/mol. The molecule has 0 amide bonds. The zero-order valence-electron chi connectivity index (χ0n) is 15.5. The van der Waals surface area contributed by atoms with E-state index in [1.54, 1.807) is 30.3 Å². The Balaban J connectivity index is 1.43. The van der Waals surface area contributed by atoms with E-state index in [2.05, 4.69) is 0 Å². The molecule has 1 unspecified atom stereocenters. The van der Waals surface area contributed by atoms with Crippen molar-refractivity contribution >= 4 is 39.7 Å². The fraction of sp³-hybridized carbons (Fsp3) is 0.318. The van der Waals surface area contributed by atoms with E-state index in [1.165, 1.54) is 24.7 Å². The molecule has 3 rings (SSSR count). The summed E-state index contributed by atoms with van der Waals surface area (Å²) in [4.78, 5) is 12.0. The summed E-state index contributed by atoms with van der Waals surface area (Å²) in [7, 11) is 3.93. The zero-order valence-corrected chi connectivity index (χ0v) is 17.2. The third-order valence-electron chi connectivity index (χ3n) is 4.39. The summed E-state index contributed by atoms with van der Waals surface area (Å²) in [5.41, 5.74) is 1.62. The van der Waals surface area contributed by atoms with Gasteiger partial charge in [-0.25, -0.2) is 0 Å². The molecule has 1 atom stereocenters. The minimum atomic E-state index is -0.188. The lowest BCUT2D eigenvalue weighted by molar-refractivity contribution is -0.134. The summed E-state index contributed by atoms with van der Waals surface area (Å²) in [5.74, 6) is 1.64. The van der Waals surface area contributed by atoms with Gasteiger partial charge in [0, 0.05) is 23.5 Å². The first kappa shape index (κ1) is 20.7. The van der Waals surface area contributed by atoms with E-state index < -0.39 is 0 Å². The first-order valence-corrected chi connectivity index (χ1v) is 11.8. The van der Waals surface area contributed by atoms with Crippen LogP contribution in [0.2, 0.25) is 0 Å². The normalized spacial score (nSPS) is 16.5. The van der Waals surface area contributed by atoms with Gasteiger partial charge in [-0.15, -0.1) is 0 Å². The molecule has 0 radical (unpaired) electrons. The first-order valence-electron chi connectivity index (χ1n) is 9.38. The van der Waals surface area contributed by atoms with E-state index in [9.17, 15) is 15.0 Å². The largest absolute Gasteiger partial charge is 0.508 e. The molecule has 1 fully saturated rings. The molecule has 0 spiro atoms. The van der Waals surface area contributed by atoms with Gasteiger partial charge in [-0.3, -0.25) is 4.79 Å². The lowest BCUT2D eigenvalue weighted by Gasteiger charge is -2.07. The number of carbonyl (C=O) groups is 1. The lowest BCUT2D eigenvalue weighted by atomic mass is 10.1. The standard InChI is InChI=1S/C22H24O4S2/c23-18-13-17(14-19(24)15-18)6-5-16-7-9-20(10-8-16)26-22(25)4-2-1-3-21-11-12-27-28-21/h5-10,13-15,21,23-24H,1-4,11-12H2/b6-5+. The number of phenolic OH excluding ortho intramolecular Hbond substituents is 2. The molecule has 2 aromatic rings. The average molecular weight is 417 g/mol. The van der Waals surface area contributed by atoms with Crippen LogP contribution in [0.1, 0.15) is 43.2 Å². The van der Waals surface area contributed by atoms with E-state index in [-0.39, 0.29) is 17.5 Å². The Hall–Kier alpha value is -2.05. The second-order valence-corrected chi connectivity index (χ2v) is 9.52. The van der Waals surface area contributed by atoms with Gasteiger partial charge in [0.05, 0.1) is 0 Å². The second kappa shape index (κ2) is 10.5. The van der Waals surface area contributed by atoms with Crippen molar-refractivity contribution in [3.8, 4) is 17.2 Å². The van der Waals surface area contributed by atoms with Gasteiger partial charge < -0.3 is 14.9 Å². The van der Waals surface area contributed by atoms with Crippen molar-refractivity contribution in [2.75, 3.05) is 5.75 Å². The predicted molar refractivity (Wildman–Crippen MR) is 118 cm³/mol. The third kappa shape index (κ3) is 6.84. The van der Waals surface area contributed by atoms with Crippen LogP contribution in [0.25, 0.3) is 12.2 Å². The summed E-state index contributed by atoms with van der Waals surface area (Å²) in [5, 5.41) is 19.8. The molecule has 0 saturated carbocycles. The van der Waals surface area contributed by atoms with Crippen molar-refractivity contribution in [2.45, 2.75) is 37.4 Å². The van der Waals surface area contributed by atoms with Gasteiger partial charge in [-0.2, -0.15) is 0 Å². The molecule has 1 aliphatic heterocycles. The van der Waals surface area contributed by atoms with E-state index in [0.29, 0.717) is 17.7 Å². The molecule has 2 N–H and O–H groups in total. The Labute approximate surface area is 173 Å². The minimum Gasteiger partial charge on any atom is -0.508 e. The van der Waals surface area contributed by atoms with Crippen LogP contribution in [0.15, 0.2) is 42.5 Å². The van der Waals surface area contributed by atoms with Crippen LogP contribution in [0.5, 0.6) is 17.2 Å². The number of ether oxygens (including phenoxy) is 1. The van der Waals surface area contributed by atoms with Crippen molar-refractivity contribution in [1.82, 2.24) is 0 Å². The predicted octanol–water partition coefficient (Wildman–Crippen LogP) is 5.89. The number of benzene rings is 2.